The lowest BCUT2D eigenvalue weighted by Crippen LogP contribution is -2.14. The number of carbonyl (C=O) groups is 1. The molecule has 0 aliphatic heterocycles. The second-order valence-electron chi connectivity index (χ2n) is 4.75. The number of ether oxygens (including phenoxy) is 1. The third-order valence-corrected chi connectivity index (χ3v) is 4.58. The van der Waals surface area contributed by atoms with Gasteiger partial charge in [-0.15, -0.1) is 0 Å². The second kappa shape index (κ2) is 6.60. The second-order valence-corrected chi connectivity index (χ2v) is 7.16. The summed E-state index contributed by atoms with van der Waals surface area (Å²) in [7, 11) is -3.88. The quantitative estimate of drug-likeness (QED) is 0.822. The third-order valence-electron chi connectivity index (χ3n) is 2.98. The molecule has 0 saturated heterocycles. The molecule has 0 amide bonds. The van der Waals surface area contributed by atoms with Gasteiger partial charge >= 0.3 is 5.97 Å². The van der Waals surface area contributed by atoms with Crippen molar-refractivity contribution in [1.29, 1.82) is 0 Å². The number of primary sulfonamides is 1. The standard InChI is InChI=1S/C15H14BrNO4S/c1-10-2-4-11(5-3-10)9-21-15(18)13-8-12(22(17,19)20)6-7-14(13)16/h2-8H,9H2,1H3,(H2,17,19,20). The smallest absolute Gasteiger partial charge is 0.339 e. The largest absolute Gasteiger partial charge is 0.457 e. The van der Waals surface area contributed by atoms with Crippen molar-refractivity contribution in [3.63, 3.8) is 0 Å². The van der Waals surface area contributed by atoms with Gasteiger partial charge in [0.1, 0.15) is 6.61 Å². The lowest BCUT2D eigenvalue weighted by atomic mass is 10.2. The maximum atomic E-state index is 12.1. The Balaban J connectivity index is 2.17. The minimum Gasteiger partial charge on any atom is -0.457 e. The van der Waals surface area contributed by atoms with Gasteiger partial charge in [0.15, 0.2) is 0 Å². The molecule has 2 rings (SSSR count). The number of hydrogen-bond donors (Lipinski definition) is 1. The average molecular weight is 384 g/mol. The van der Waals surface area contributed by atoms with Crippen LogP contribution in [0.15, 0.2) is 51.8 Å². The molecule has 5 nitrogen and oxygen atoms in total. The Morgan fingerprint density at radius 3 is 2.41 bits per heavy atom. The summed E-state index contributed by atoms with van der Waals surface area (Å²) >= 11 is 3.20. The number of sulfonamides is 1. The van der Waals surface area contributed by atoms with Crippen molar-refractivity contribution in [3.8, 4) is 0 Å². The minimum atomic E-state index is -3.88. The molecule has 2 aromatic rings. The molecule has 0 fully saturated rings. The van der Waals surface area contributed by atoms with Gasteiger partial charge in [0.05, 0.1) is 10.5 Å². The van der Waals surface area contributed by atoms with Gasteiger partial charge in [-0.3, -0.25) is 0 Å². The van der Waals surface area contributed by atoms with Crippen LogP contribution < -0.4 is 5.14 Å². The molecule has 0 radical (unpaired) electrons. The van der Waals surface area contributed by atoms with Crippen LogP contribution in [0.2, 0.25) is 0 Å². The molecule has 0 unspecified atom stereocenters. The van der Waals surface area contributed by atoms with Gasteiger partial charge in [-0.2, -0.15) is 0 Å². The van der Waals surface area contributed by atoms with E-state index in [0.717, 1.165) is 11.1 Å². The lowest BCUT2D eigenvalue weighted by molar-refractivity contribution is 0.0471. The van der Waals surface area contributed by atoms with E-state index in [4.69, 9.17) is 9.88 Å². The van der Waals surface area contributed by atoms with Crippen LogP contribution in [-0.2, 0) is 21.4 Å². The summed E-state index contributed by atoms with van der Waals surface area (Å²) in [6.45, 7) is 2.07. The number of halogens is 1. The van der Waals surface area contributed by atoms with Crippen molar-refractivity contribution in [3.05, 3.63) is 63.6 Å². The topological polar surface area (TPSA) is 86.5 Å². The summed E-state index contributed by atoms with van der Waals surface area (Å²) < 4.78 is 28.3. The number of esters is 1. The minimum absolute atomic E-state index is 0.102. The molecule has 0 aliphatic carbocycles. The Morgan fingerprint density at radius 1 is 1.18 bits per heavy atom. The van der Waals surface area contributed by atoms with Crippen molar-refractivity contribution in [2.75, 3.05) is 0 Å². The molecule has 0 aliphatic rings. The Bertz CT molecular complexity index is 801. The van der Waals surface area contributed by atoms with E-state index in [-0.39, 0.29) is 17.1 Å². The molecule has 2 aromatic carbocycles. The van der Waals surface area contributed by atoms with Crippen molar-refractivity contribution in [2.24, 2.45) is 5.14 Å². The number of nitrogens with two attached hydrogens (primary N) is 1. The molecule has 0 aromatic heterocycles. The zero-order valence-corrected chi connectivity index (χ0v) is 14.1. The number of rotatable bonds is 4. The number of aryl methyl sites for hydroxylation is 1. The van der Waals surface area contributed by atoms with E-state index < -0.39 is 16.0 Å². The van der Waals surface area contributed by atoms with Crippen molar-refractivity contribution in [1.82, 2.24) is 0 Å². The van der Waals surface area contributed by atoms with Crippen LogP contribution in [0.1, 0.15) is 21.5 Å². The SMILES string of the molecule is Cc1ccc(COC(=O)c2cc(S(N)(=O)=O)ccc2Br)cc1. The van der Waals surface area contributed by atoms with Crippen LogP contribution in [0.25, 0.3) is 0 Å². The molecule has 7 heteroatoms. The summed E-state index contributed by atoms with van der Waals surface area (Å²) in [5.74, 6) is -0.627. The van der Waals surface area contributed by atoms with Crippen LogP contribution in [0.3, 0.4) is 0 Å². The maximum Gasteiger partial charge on any atom is 0.339 e. The van der Waals surface area contributed by atoms with Gasteiger partial charge in [-0.25, -0.2) is 18.4 Å². The first-order valence-electron chi connectivity index (χ1n) is 6.32. The highest BCUT2D eigenvalue weighted by Crippen LogP contribution is 2.21. The first-order valence-corrected chi connectivity index (χ1v) is 8.66. The van der Waals surface area contributed by atoms with Crippen molar-refractivity contribution >= 4 is 31.9 Å². The molecule has 0 bridgehead atoms. The highest BCUT2D eigenvalue weighted by molar-refractivity contribution is 9.10. The molecular weight excluding hydrogens is 370 g/mol. The van der Waals surface area contributed by atoms with Gasteiger partial charge in [-0.05, 0) is 46.6 Å². The summed E-state index contributed by atoms with van der Waals surface area (Å²) in [6, 6.07) is 11.5. The van der Waals surface area contributed by atoms with Crippen LogP contribution >= 0.6 is 15.9 Å². The molecule has 22 heavy (non-hydrogen) atoms. The Hall–Kier alpha value is -1.70. The first kappa shape index (κ1) is 16.7. The van der Waals surface area contributed by atoms with E-state index in [1.54, 1.807) is 0 Å². The Morgan fingerprint density at radius 2 is 1.82 bits per heavy atom. The molecule has 2 N–H and O–H groups in total. The Kier molecular flexibility index (Phi) is 5.00. The monoisotopic (exact) mass is 383 g/mol. The van der Waals surface area contributed by atoms with Crippen molar-refractivity contribution < 1.29 is 17.9 Å². The average Bonchev–Trinajstić information content (AvgIpc) is 2.45. The maximum absolute atomic E-state index is 12.1. The zero-order valence-electron chi connectivity index (χ0n) is 11.7. The summed E-state index contributed by atoms with van der Waals surface area (Å²) in [6.07, 6.45) is 0. The van der Waals surface area contributed by atoms with E-state index in [0.29, 0.717) is 4.47 Å². The van der Waals surface area contributed by atoms with Gasteiger partial charge < -0.3 is 4.74 Å². The number of benzene rings is 2. The van der Waals surface area contributed by atoms with Crippen molar-refractivity contribution in [2.45, 2.75) is 18.4 Å². The summed E-state index contributed by atoms with van der Waals surface area (Å²) in [4.78, 5) is 12.0. The number of carbonyl (C=O) groups excluding carboxylic acids is 1. The van der Waals surface area contributed by atoms with E-state index in [1.807, 2.05) is 31.2 Å². The van der Waals surface area contributed by atoms with Crippen LogP contribution in [-0.4, -0.2) is 14.4 Å². The fraction of sp³-hybridized carbons (Fsp3) is 0.133. The highest BCUT2D eigenvalue weighted by Gasteiger charge is 2.16. The third kappa shape index (κ3) is 4.16. The van der Waals surface area contributed by atoms with Crippen LogP contribution in [0, 0.1) is 6.92 Å². The van der Waals surface area contributed by atoms with E-state index in [9.17, 15) is 13.2 Å². The molecule has 0 atom stereocenters. The molecule has 0 heterocycles. The summed E-state index contributed by atoms with van der Waals surface area (Å²) in [5.41, 5.74) is 2.06. The fourth-order valence-corrected chi connectivity index (χ4v) is 2.70. The highest BCUT2D eigenvalue weighted by atomic mass is 79.9. The number of hydrogen-bond acceptors (Lipinski definition) is 4. The Labute approximate surface area is 137 Å². The van der Waals surface area contributed by atoms with E-state index >= 15 is 0 Å². The normalized spacial score (nSPS) is 11.2. The predicted octanol–water partition coefficient (Wildman–Crippen LogP) is 2.76. The van der Waals surface area contributed by atoms with Crippen LogP contribution in [0.5, 0.6) is 0 Å². The molecule has 0 saturated carbocycles. The van der Waals surface area contributed by atoms with Crippen LogP contribution in [0.4, 0.5) is 0 Å². The first-order chi connectivity index (χ1) is 10.3. The van der Waals surface area contributed by atoms with E-state index in [2.05, 4.69) is 15.9 Å². The lowest BCUT2D eigenvalue weighted by Gasteiger charge is -2.08. The van der Waals surface area contributed by atoms with Gasteiger partial charge in [-0.1, -0.05) is 29.8 Å². The summed E-state index contributed by atoms with van der Waals surface area (Å²) in [5, 5.41) is 5.06. The molecule has 116 valence electrons. The predicted molar refractivity (Wildman–Crippen MR) is 85.8 cm³/mol. The molecule has 0 spiro atoms. The van der Waals surface area contributed by atoms with Gasteiger partial charge in [0.2, 0.25) is 10.0 Å². The van der Waals surface area contributed by atoms with E-state index in [1.165, 1.54) is 18.2 Å². The molecular formula is C15H14BrNO4S. The zero-order chi connectivity index (χ0) is 16.3. The van der Waals surface area contributed by atoms with Gasteiger partial charge in [0, 0.05) is 4.47 Å². The van der Waals surface area contributed by atoms with Gasteiger partial charge in [0.25, 0.3) is 0 Å². The fourth-order valence-electron chi connectivity index (χ4n) is 1.75.